The van der Waals surface area contributed by atoms with Gasteiger partial charge in [0.2, 0.25) is 0 Å². The smallest absolute Gasteiger partial charge is 0.306 e. The first kappa shape index (κ1) is 18.8. The molecule has 1 heterocycles. The summed E-state index contributed by atoms with van der Waals surface area (Å²) in [5.41, 5.74) is 2.65. The first-order valence-electron chi connectivity index (χ1n) is 9.95. The summed E-state index contributed by atoms with van der Waals surface area (Å²) < 4.78 is 26.1. The molecule has 28 heavy (non-hydrogen) atoms. The predicted molar refractivity (Wildman–Crippen MR) is 103 cm³/mol. The first-order valence-corrected chi connectivity index (χ1v) is 9.95. The van der Waals surface area contributed by atoms with Crippen LogP contribution in [0.15, 0.2) is 36.4 Å². The predicted octanol–water partition coefficient (Wildman–Crippen LogP) is 5.22. The van der Waals surface area contributed by atoms with E-state index >= 15 is 0 Å². The van der Waals surface area contributed by atoms with Gasteiger partial charge in [0.25, 0.3) is 0 Å². The molecule has 1 fully saturated rings. The Morgan fingerprint density at radius 2 is 1.93 bits per heavy atom. The van der Waals surface area contributed by atoms with Crippen molar-refractivity contribution < 1.29 is 23.8 Å². The van der Waals surface area contributed by atoms with Crippen molar-refractivity contribution in [3.63, 3.8) is 0 Å². The number of carbonyl (C=O) groups is 1. The topological polar surface area (TPSA) is 55.8 Å². The maximum absolute atomic E-state index is 13.9. The van der Waals surface area contributed by atoms with E-state index in [2.05, 4.69) is 0 Å². The Morgan fingerprint density at radius 1 is 1.14 bits per heavy atom. The van der Waals surface area contributed by atoms with E-state index in [1.54, 1.807) is 13.0 Å². The zero-order chi connectivity index (χ0) is 19.7. The van der Waals surface area contributed by atoms with Gasteiger partial charge in [0.15, 0.2) is 0 Å². The zero-order valence-electron chi connectivity index (χ0n) is 16.0. The molecule has 0 aromatic heterocycles. The van der Waals surface area contributed by atoms with Crippen LogP contribution in [0.25, 0.3) is 0 Å². The standard InChI is InChI=1S/C23H25FO4/c1-14-19(3-2-4-20(14)24)22-11-7-16-13-18(10-12-21(16)28-22)27-17-8-5-15(6-9-17)23(25)26/h2-4,10,12-13,15,17,22H,5-9,11H2,1H3,(H,25,26). The van der Waals surface area contributed by atoms with E-state index in [0.717, 1.165) is 48.3 Å². The average molecular weight is 384 g/mol. The molecule has 1 aliphatic heterocycles. The number of rotatable bonds is 4. The van der Waals surface area contributed by atoms with Crippen molar-refractivity contribution >= 4 is 5.97 Å². The lowest BCUT2D eigenvalue weighted by molar-refractivity contribution is -0.143. The van der Waals surface area contributed by atoms with Crippen molar-refractivity contribution in [2.45, 2.75) is 57.7 Å². The van der Waals surface area contributed by atoms with Crippen LogP contribution in [-0.4, -0.2) is 17.2 Å². The highest BCUT2D eigenvalue weighted by molar-refractivity contribution is 5.70. The van der Waals surface area contributed by atoms with Gasteiger partial charge in [-0.15, -0.1) is 0 Å². The number of hydrogen-bond donors (Lipinski definition) is 1. The highest BCUT2D eigenvalue weighted by atomic mass is 19.1. The van der Waals surface area contributed by atoms with Crippen LogP contribution in [0.1, 0.15) is 54.9 Å². The Morgan fingerprint density at radius 3 is 2.68 bits per heavy atom. The fourth-order valence-electron chi connectivity index (χ4n) is 4.25. The van der Waals surface area contributed by atoms with Gasteiger partial charge >= 0.3 is 5.97 Å². The van der Waals surface area contributed by atoms with Gasteiger partial charge in [0.05, 0.1) is 12.0 Å². The van der Waals surface area contributed by atoms with Crippen LogP contribution in [0, 0.1) is 18.7 Å². The van der Waals surface area contributed by atoms with E-state index in [0.29, 0.717) is 18.4 Å². The number of fused-ring (bicyclic) bond motifs is 1. The molecule has 0 saturated heterocycles. The Kier molecular flexibility index (Phi) is 5.25. The van der Waals surface area contributed by atoms with Gasteiger partial charge in [0.1, 0.15) is 23.4 Å². The van der Waals surface area contributed by atoms with Gasteiger partial charge in [-0.1, -0.05) is 12.1 Å². The quantitative estimate of drug-likeness (QED) is 0.785. The number of ether oxygens (including phenoxy) is 2. The molecule has 148 valence electrons. The molecule has 1 saturated carbocycles. The van der Waals surface area contributed by atoms with E-state index < -0.39 is 5.97 Å². The summed E-state index contributed by atoms with van der Waals surface area (Å²) in [4.78, 5) is 11.1. The molecule has 1 atom stereocenters. The molecule has 1 aliphatic carbocycles. The summed E-state index contributed by atoms with van der Waals surface area (Å²) >= 11 is 0. The number of carboxylic acids is 1. The monoisotopic (exact) mass is 384 g/mol. The molecule has 2 aromatic carbocycles. The summed E-state index contributed by atoms with van der Waals surface area (Å²) in [5.74, 6) is 0.490. The average Bonchev–Trinajstić information content (AvgIpc) is 2.70. The van der Waals surface area contributed by atoms with E-state index in [1.807, 2.05) is 24.3 Å². The number of aryl methyl sites for hydroxylation is 1. The molecule has 0 bridgehead atoms. The van der Waals surface area contributed by atoms with E-state index in [9.17, 15) is 9.18 Å². The number of hydrogen-bond acceptors (Lipinski definition) is 3. The largest absolute Gasteiger partial charge is 0.490 e. The Hall–Kier alpha value is -2.56. The van der Waals surface area contributed by atoms with Crippen molar-refractivity contribution in [1.29, 1.82) is 0 Å². The Bertz CT molecular complexity index is 871. The molecule has 0 amide bonds. The van der Waals surface area contributed by atoms with Gasteiger partial charge < -0.3 is 14.6 Å². The van der Waals surface area contributed by atoms with E-state index in [-0.39, 0.29) is 23.9 Å². The molecule has 2 aromatic rings. The van der Waals surface area contributed by atoms with Crippen molar-refractivity contribution in [1.82, 2.24) is 0 Å². The molecule has 0 spiro atoms. The van der Waals surface area contributed by atoms with Crippen molar-refractivity contribution in [2.75, 3.05) is 0 Å². The minimum atomic E-state index is -0.701. The zero-order valence-corrected chi connectivity index (χ0v) is 16.0. The van der Waals surface area contributed by atoms with Gasteiger partial charge in [-0.05, 0) is 86.4 Å². The fourth-order valence-corrected chi connectivity index (χ4v) is 4.25. The molecule has 0 radical (unpaired) electrons. The maximum Gasteiger partial charge on any atom is 0.306 e. The lowest BCUT2D eigenvalue weighted by atomic mass is 9.87. The Labute approximate surface area is 164 Å². The van der Waals surface area contributed by atoms with Crippen LogP contribution >= 0.6 is 0 Å². The molecule has 1 N–H and O–H groups in total. The molecule has 5 heteroatoms. The van der Waals surface area contributed by atoms with E-state index in [4.69, 9.17) is 14.6 Å². The van der Waals surface area contributed by atoms with Crippen LogP contribution in [0.4, 0.5) is 4.39 Å². The van der Waals surface area contributed by atoms with Crippen molar-refractivity contribution in [2.24, 2.45) is 5.92 Å². The van der Waals surface area contributed by atoms with Crippen molar-refractivity contribution in [3.8, 4) is 11.5 Å². The SMILES string of the molecule is Cc1c(F)cccc1C1CCc2cc(OC3CCC(C(=O)O)CC3)ccc2O1. The second-order valence-corrected chi connectivity index (χ2v) is 7.80. The molecule has 1 unspecified atom stereocenters. The molecule has 2 aliphatic rings. The second-order valence-electron chi connectivity index (χ2n) is 7.80. The van der Waals surface area contributed by atoms with Crippen LogP contribution in [-0.2, 0) is 11.2 Å². The highest BCUT2D eigenvalue weighted by Gasteiger charge is 2.28. The van der Waals surface area contributed by atoms with Gasteiger partial charge in [0, 0.05) is 0 Å². The van der Waals surface area contributed by atoms with Crippen LogP contribution in [0.2, 0.25) is 0 Å². The molecule has 4 nitrogen and oxygen atoms in total. The summed E-state index contributed by atoms with van der Waals surface area (Å²) in [5, 5.41) is 9.11. The molecular weight excluding hydrogens is 359 g/mol. The Balaban J connectivity index is 1.42. The lowest BCUT2D eigenvalue weighted by Crippen LogP contribution is -2.27. The summed E-state index contributed by atoms with van der Waals surface area (Å²) in [6.45, 7) is 1.79. The molecule has 4 rings (SSSR count). The first-order chi connectivity index (χ1) is 13.5. The minimum absolute atomic E-state index is 0.0702. The second kappa shape index (κ2) is 7.82. The number of benzene rings is 2. The van der Waals surface area contributed by atoms with E-state index in [1.165, 1.54) is 6.07 Å². The third kappa shape index (κ3) is 3.84. The summed E-state index contributed by atoms with van der Waals surface area (Å²) in [6.07, 6.45) is 4.45. The van der Waals surface area contributed by atoms with Gasteiger partial charge in [-0.25, -0.2) is 4.39 Å². The lowest BCUT2D eigenvalue weighted by Gasteiger charge is -2.29. The number of carboxylic acid groups (broad SMARTS) is 1. The summed E-state index contributed by atoms with van der Waals surface area (Å²) in [7, 11) is 0. The number of halogens is 1. The summed E-state index contributed by atoms with van der Waals surface area (Å²) in [6, 6.07) is 11.0. The normalized spacial score (nSPS) is 24.1. The van der Waals surface area contributed by atoms with Gasteiger partial charge in [-0.2, -0.15) is 0 Å². The molecular formula is C23H25FO4. The van der Waals surface area contributed by atoms with Crippen LogP contribution < -0.4 is 9.47 Å². The third-order valence-corrected chi connectivity index (χ3v) is 5.96. The van der Waals surface area contributed by atoms with Gasteiger partial charge in [-0.3, -0.25) is 4.79 Å². The van der Waals surface area contributed by atoms with Crippen molar-refractivity contribution in [3.05, 3.63) is 58.9 Å². The number of aliphatic carboxylic acids is 1. The van der Waals surface area contributed by atoms with Crippen LogP contribution in [0.5, 0.6) is 11.5 Å². The highest BCUT2D eigenvalue weighted by Crippen LogP contribution is 2.38. The third-order valence-electron chi connectivity index (χ3n) is 5.96. The fraction of sp³-hybridized carbons (Fsp3) is 0.435. The maximum atomic E-state index is 13.9. The minimum Gasteiger partial charge on any atom is -0.490 e. The van der Waals surface area contributed by atoms with Crippen LogP contribution in [0.3, 0.4) is 0 Å².